The fraction of sp³-hybridized carbons (Fsp3) is 0.423. The first-order chi connectivity index (χ1) is 16.7. The van der Waals surface area contributed by atoms with Crippen LogP contribution in [0.5, 0.6) is 0 Å². The fourth-order valence-electron chi connectivity index (χ4n) is 4.60. The number of hydrogen-bond donors (Lipinski definition) is 1. The van der Waals surface area contributed by atoms with Crippen molar-refractivity contribution in [2.45, 2.75) is 50.9 Å². The van der Waals surface area contributed by atoms with Crippen LogP contribution in [-0.2, 0) is 9.53 Å². The quantitative estimate of drug-likeness (QED) is 0.674. The molecule has 2 aromatic carbocycles. The highest BCUT2D eigenvalue weighted by Gasteiger charge is 2.54. The van der Waals surface area contributed by atoms with Crippen LogP contribution in [0.25, 0.3) is 0 Å². The van der Waals surface area contributed by atoms with Gasteiger partial charge in [-0.2, -0.15) is 0 Å². The Morgan fingerprint density at radius 2 is 1.80 bits per heavy atom. The summed E-state index contributed by atoms with van der Waals surface area (Å²) in [7, 11) is 0. The molecule has 9 heteroatoms. The van der Waals surface area contributed by atoms with Gasteiger partial charge in [-0.1, -0.05) is 24.6 Å². The molecule has 0 unspecified atom stereocenters. The number of ether oxygens (including phenoxy) is 1. The number of nitrogens with zero attached hydrogens (tertiary/aromatic N) is 2. The van der Waals surface area contributed by atoms with Crippen molar-refractivity contribution in [3.8, 4) is 0 Å². The summed E-state index contributed by atoms with van der Waals surface area (Å²) in [5, 5.41) is 3.42. The number of hydrogen-bond acceptors (Lipinski definition) is 4. The number of carbonyl (C=O) groups excluding carboxylic acids is 3. The average Bonchev–Trinajstić information content (AvgIpc) is 3.22. The Morgan fingerprint density at radius 3 is 2.43 bits per heavy atom. The molecule has 2 fully saturated rings. The SMILES string of the molecule is CC[C@H](C)NC(=O)[C@@H]1COC2(CCN(C(=O)c3cccc(Cl)c3)CC2)N1C(=O)c1ccc(F)cc1. The molecule has 35 heavy (non-hydrogen) atoms. The van der Waals surface area contributed by atoms with Crippen LogP contribution >= 0.6 is 11.6 Å². The van der Waals surface area contributed by atoms with Gasteiger partial charge in [0.1, 0.15) is 17.6 Å². The van der Waals surface area contributed by atoms with Gasteiger partial charge in [0.2, 0.25) is 5.91 Å². The first kappa shape index (κ1) is 25.1. The van der Waals surface area contributed by atoms with Gasteiger partial charge in [-0.3, -0.25) is 19.3 Å². The number of piperidine rings is 1. The topological polar surface area (TPSA) is 79.0 Å². The van der Waals surface area contributed by atoms with Crippen LogP contribution in [0.4, 0.5) is 4.39 Å². The van der Waals surface area contributed by atoms with Crippen molar-refractivity contribution >= 4 is 29.3 Å². The Hall–Kier alpha value is -2.97. The van der Waals surface area contributed by atoms with E-state index in [1.807, 2.05) is 13.8 Å². The van der Waals surface area contributed by atoms with Gasteiger partial charge in [0, 0.05) is 48.1 Å². The lowest BCUT2D eigenvalue weighted by molar-refractivity contribution is -0.128. The second kappa shape index (κ2) is 10.3. The molecule has 1 spiro atoms. The monoisotopic (exact) mass is 501 g/mol. The Labute approximate surface area is 209 Å². The highest BCUT2D eigenvalue weighted by atomic mass is 35.5. The molecule has 2 aliphatic rings. The summed E-state index contributed by atoms with van der Waals surface area (Å²) >= 11 is 6.04. The molecule has 3 amide bonds. The van der Waals surface area contributed by atoms with Gasteiger partial charge in [0.05, 0.1) is 6.61 Å². The predicted octanol–water partition coefficient (Wildman–Crippen LogP) is 3.87. The maximum atomic E-state index is 13.6. The van der Waals surface area contributed by atoms with E-state index in [1.165, 1.54) is 29.2 Å². The van der Waals surface area contributed by atoms with Crippen LogP contribution in [0.15, 0.2) is 48.5 Å². The molecule has 2 atom stereocenters. The molecular weight excluding hydrogens is 473 g/mol. The van der Waals surface area contributed by atoms with E-state index in [0.29, 0.717) is 36.5 Å². The van der Waals surface area contributed by atoms with Gasteiger partial charge in [-0.15, -0.1) is 0 Å². The fourth-order valence-corrected chi connectivity index (χ4v) is 4.79. The minimum Gasteiger partial charge on any atom is -0.353 e. The first-order valence-electron chi connectivity index (χ1n) is 11.8. The van der Waals surface area contributed by atoms with Gasteiger partial charge in [-0.05, 0) is 55.8 Å². The maximum Gasteiger partial charge on any atom is 0.256 e. The van der Waals surface area contributed by atoms with E-state index in [4.69, 9.17) is 16.3 Å². The standard InChI is InChI=1S/C26H29ClFN3O4/c1-3-17(2)29-23(32)22-16-35-26(31(22)25(34)18-7-9-21(28)10-8-18)11-13-30(14-12-26)24(33)19-5-4-6-20(27)15-19/h4-10,15,17,22H,3,11-14,16H2,1-2H3,(H,29,32)/t17-,22-/m0/s1. The summed E-state index contributed by atoms with van der Waals surface area (Å²) in [5.41, 5.74) is -0.269. The summed E-state index contributed by atoms with van der Waals surface area (Å²) in [6, 6.07) is 11.1. The van der Waals surface area contributed by atoms with Gasteiger partial charge in [0.25, 0.3) is 11.8 Å². The molecule has 186 valence electrons. The number of rotatable bonds is 5. The highest BCUT2D eigenvalue weighted by Crippen LogP contribution is 2.39. The minimum atomic E-state index is -1.03. The molecule has 2 saturated heterocycles. The lowest BCUT2D eigenvalue weighted by Crippen LogP contribution is -2.60. The van der Waals surface area contributed by atoms with E-state index in [-0.39, 0.29) is 30.0 Å². The van der Waals surface area contributed by atoms with Crippen LogP contribution in [0.1, 0.15) is 53.8 Å². The number of nitrogens with one attached hydrogen (secondary N) is 1. The van der Waals surface area contributed by atoms with Crippen molar-refractivity contribution in [3.63, 3.8) is 0 Å². The summed E-state index contributed by atoms with van der Waals surface area (Å²) in [5.74, 6) is -1.29. The van der Waals surface area contributed by atoms with E-state index >= 15 is 0 Å². The molecule has 4 rings (SSSR count). The summed E-state index contributed by atoms with van der Waals surface area (Å²) in [4.78, 5) is 42.9. The third-order valence-electron chi connectivity index (χ3n) is 6.78. The van der Waals surface area contributed by atoms with Crippen LogP contribution in [0.2, 0.25) is 5.02 Å². The average molecular weight is 502 g/mol. The van der Waals surface area contributed by atoms with Crippen LogP contribution in [0, 0.1) is 5.82 Å². The second-order valence-corrected chi connectivity index (χ2v) is 9.51. The van der Waals surface area contributed by atoms with Crippen molar-refractivity contribution in [3.05, 3.63) is 70.5 Å². The van der Waals surface area contributed by atoms with Crippen molar-refractivity contribution in [2.75, 3.05) is 19.7 Å². The molecular formula is C26H29ClFN3O4. The Morgan fingerprint density at radius 1 is 1.11 bits per heavy atom. The van der Waals surface area contributed by atoms with Crippen LogP contribution in [-0.4, -0.2) is 65.0 Å². The van der Waals surface area contributed by atoms with Crippen molar-refractivity contribution < 1.29 is 23.5 Å². The van der Waals surface area contributed by atoms with Gasteiger partial charge < -0.3 is 15.0 Å². The first-order valence-corrected chi connectivity index (χ1v) is 12.2. The van der Waals surface area contributed by atoms with Crippen molar-refractivity contribution in [1.29, 1.82) is 0 Å². The molecule has 0 radical (unpaired) electrons. The summed E-state index contributed by atoms with van der Waals surface area (Å²) < 4.78 is 19.7. The third kappa shape index (κ3) is 5.18. The molecule has 0 aromatic heterocycles. The molecule has 2 aromatic rings. The van der Waals surface area contributed by atoms with E-state index in [2.05, 4.69) is 5.32 Å². The van der Waals surface area contributed by atoms with Crippen LogP contribution in [0.3, 0.4) is 0 Å². The maximum absolute atomic E-state index is 13.6. The van der Waals surface area contributed by atoms with E-state index in [0.717, 1.165) is 6.42 Å². The normalized spacial score (nSPS) is 20.1. The van der Waals surface area contributed by atoms with E-state index < -0.39 is 23.5 Å². The Balaban J connectivity index is 1.57. The van der Waals surface area contributed by atoms with Gasteiger partial charge >= 0.3 is 0 Å². The zero-order valence-electron chi connectivity index (χ0n) is 19.8. The molecule has 0 aliphatic carbocycles. The molecule has 7 nitrogen and oxygen atoms in total. The second-order valence-electron chi connectivity index (χ2n) is 9.08. The number of halogens is 2. The lowest BCUT2D eigenvalue weighted by atomic mass is 9.96. The van der Waals surface area contributed by atoms with E-state index in [9.17, 15) is 18.8 Å². The number of amides is 3. The Bertz CT molecular complexity index is 1100. The predicted molar refractivity (Wildman–Crippen MR) is 130 cm³/mol. The molecule has 0 saturated carbocycles. The largest absolute Gasteiger partial charge is 0.353 e. The summed E-state index contributed by atoms with van der Waals surface area (Å²) in [6.07, 6.45) is 1.44. The third-order valence-corrected chi connectivity index (χ3v) is 7.01. The smallest absolute Gasteiger partial charge is 0.256 e. The number of benzene rings is 2. The lowest BCUT2D eigenvalue weighted by Gasteiger charge is -2.44. The molecule has 2 heterocycles. The Kier molecular flexibility index (Phi) is 7.42. The van der Waals surface area contributed by atoms with Crippen LogP contribution < -0.4 is 5.32 Å². The van der Waals surface area contributed by atoms with Gasteiger partial charge in [-0.25, -0.2) is 4.39 Å². The molecule has 1 N–H and O–H groups in total. The van der Waals surface area contributed by atoms with Crippen molar-refractivity contribution in [1.82, 2.24) is 15.1 Å². The van der Waals surface area contributed by atoms with Crippen molar-refractivity contribution in [2.24, 2.45) is 0 Å². The summed E-state index contributed by atoms with van der Waals surface area (Å²) in [6.45, 7) is 4.61. The number of carbonyl (C=O) groups is 3. The zero-order valence-corrected chi connectivity index (χ0v) is 20.6. The number of likely N-dealkylation sites (tertiary alicyclic amines) is 1. The highest BCUT2D eigenvalue weighted by molar-refractivity contribution is 6.30. The molecule has 2 aliphatic heterocycles. The van der Waals surface area contributed by atoms with E-state index in [1.54, 1.807) is 29.2 Å². The minimum absolute atomic E-state index is 0.0530. The van der Waals surface area contributed by atoms with Gasteiger partial charge in [0.15, 0.2) is 0 Å². The zero-order chi connectivity index (χ0) is 25.2. The molecule has 0 bridgehead atoms.